The SMILES string of the molecule is NC=C(C=NC(F)F)CBr. The summed E-state index contributed by atoms with van der Waals surface area (Å²) in [7, 11) is 0. The van der Waals surface area contributed by atoms with E-state index in [-0.39, 0.29) is 0 Å². The van der Waals surface area contributed by atoms with Gasteiger partial charge in [-0.3, -0.25) is 0 Å². The summed E-state index contributed by atoms with van der Waals surface area (Å²) in [6.45, 7) is -2.66. The van der Waals surface area contributed by atoms with Crippen molar-refractivity contribution >= 4 is 22.1 Å². The molecule has 10 heavy (non-hydrogen) atoms. The Balaban J connectivity index is 3.86. The van der Waals surface area contributed by atoms with Crippen LogP contribution < -0.4 is 5.73 Å². The summed E-state index contributed by atoms with van der Waals surface area (Å²) in [5.41, 5.74) is 5.57. The van der Waals surface area contributed by atoms with Crippen LogP contribution in [0.2, 0.25) is 0 Å². The van der Waals surface area contributed by atoms with E-state index in [1.54, 1.807) is 0 Å². The summed E-state index contributed by atoms with van der Waals surface area (Å²) in [5, 5.41) is 0.430. The van der Waals surface area contributed by atoms with E-state index in [1.165, 1.54) is 6.20 Å². The molecule has 0 heterocycles. The lowest BCUT2D eigenvalue weighted by Gasteiger charge is -1.91. The fraction of sp³-hybridized carbons (Fsp3) is 0.400. The van der Waals surface area contributed by atoms with E-state index < -0.39 is 6.55 Å². The second-order valence-corrected chi connectivity index (χ2v) is 1.99. The molecule has 0 saturated heterocycles. The van der Waals surface area contributed by atoms with Crippen molar-refractivity contribution in [3.8, 4) is 0 Å². The maximum absolute atomic E-state index is 11.4. The first-order valence-electron chi connectivity index (χ1n) is 2.48. The van der Waals surface area contributed by atoms with E-state index >= 15 is 0 Å². The monoisotopic (exact) mass is 212 g/mol. The van der Waals surface area contributed by atoms with Crippen LogP contribution in [-0.2, 0) is 0 Å². The van der Waals surface area contributed by atoms with Gasteiger partial charge in [0.15, 0.2) is 0 Å². The Morgan fingerprint density at radius 2 is 2.30 bits per heavy atom. The molecule has 0 unspecified atom stereocenters. The molecule has 0 radical (unpaired) electrons. The van der Waals surface area contributed by atoms with E-state index in [0.717, 1.165) is 6.21 Å². The van der Waals surface area contributed by atoms with Gasteiger partial charge in [0.25, 0.3) is 0 Å². The highest BCUT2D eigenvalue weighted by Gasteiger charge is 1.94. The Morgan fingerprint density at radius 3 is 2.60 bits per heavy atom. The molecule has 0 atom stereocenters. The van der Waals surface area contributed by atoms with Gasteiger partial charge >= 0.3 is 6.55 Å². The zero-order valence-corrected chi connectivity index (χ0v) is 6.68. The van der Waals surface area contributed by atoms with Crippen LogP contribution in [0.5, 0.6) is 0 Å². The van der Waals surface area contributed by atoms with Crippen molar-refractivity contribution in [2.45, 2.75) is 6.55 Å². The molecule has 0 spiro atoms. The minimum atomic E-state index is -2.66. The van der Waals surface area contributed by atoms with Crippen LogP contribution >= 0.6 is 15.9 Å². The maximum Gasteiger partial charge on any atom is 0.331 e. The summed E-state index contributed by atoms with van der Waals surface area (Å²) in [6.07, 6.45) is 2.26. The number of hydrogen-bond acceptors (Lipinski definition) is 2. The number of nitrogens with two attached hydrogens (primary N) is 1. The number of aliphatic imine (C=N–C) groups is 1. The lowest BCUT2D eigenvalue weighted by Crippen LogP contribution is -1.94. The Morgan fingerprint density at radius 1 is 1.70 bits per heavy atom. The van der Waals surface area contributed by atoms with E-state index in [2.05, 4.69) is 20.9 Å². The molecule has 0 saturated carbocycles. The molecule has 0 aliphatic rings. The van der Waals surface area contributed by atoms with E-state index in [4.69, 9.17) is 5.73 Å². The van der Waals surface area contributed by atoms with Gasteiger partial charge in [0.05, 0.1) is 0 Å². The van der Waals surface area contributed by atoms with Gasteiger partial charge in [-0.25, -0.2) is 4.99 Å². The third kappa shape index (κ3) is 4.43. The third-order valence-corrected chi connectivity index (χ3v) is 1.37. The van der Waals surface area contributed by atoms with Crippen LogP contribution in [0, 0.1) is 0 Å². The maximum atomic E-state index is 11.4. The molecule has 0 amide bonds. The summed E-state index contributed by atoms with van der Waals surface area (Å²) < 4.78 is 22.8. The van der Waals surface area contributed by atoms with Crippen molar-refractivity contribution < 1.29 is 8.78 Å². The number of halogens is 3. The molecule has 5 heteroatoms. The van der Waals surface area contributed by atoms with Crippen LogP contribution in [0.1, 0.15) is 0 Å². The smallest absolute Gasteiger partial charge is 0.331 e. The second kappa shape index (κ2) is 5.34. The van der Waals surface area contributed by atoms with Crippen LogP contribution in [0.15, 0.2) is 16.8 Å². The molecule has 0 aromatic heterocycles. The first-order chi connectivity index (χ1) is 4.70. The lowest BCUT2D eigenvalue weighted by atomic mass is 10.4. The van der Waals surface area contributed by atoms with Gasteiger partial charge in [0.2, 0.25) is 0 Å². The number of hydrogen-bond donors (Lipinski definition) is 1. The minimum absolute atomic E-state index is 0.430. The molecule has 0 rings (SSSR count). The van der Waals surface area contributed by atoms with Gasteiger partial charge in [0, 0.05) is 11.5 Å². The highest BCUT2D eigenvalue weighted by molar-refractivity contribution is 9.09. The summed E-state index contributed by atoms with van der Waals surface area (Å²) in [5.74, 6) is 0. The van der Waals surface area contributed by atoms with Crippen molar-refractivity contribution in [1.29, 1.82) is 0 Å². The topological polar surface area (TPSA) is 38.4 Å². The van der Waals surface area contributed by atoms with Crippen LogP contribution in [0.4, 0.5) is 8.78 Å². The van der Waals surface area contributed by atoms with Gasteiger partial charge in [-0.1, -0.05) is 15.9 Å². The fourth-order valence-corrected chi connectivity index (χ4v) is 0.606. The highest BCUT2D eigenvalue weighted by atomic mass is 79.9. The highest BCUT2D eigenvalue weighted by Crippen LogP contribution is 1.97. The molecule has 2 nitrogen and oxygen atoms in total. The Kier molecular flexibility index (Phi) is 5.10. The fourth-order valence-electron chi connectivity index (χ4n) is 0.274. The first kappa shape index (κ1) is 9.55. The molecule has 0 aromatic rings. The molecule has 2 N–H and O–H groups in total. The second-order valence-electron chi connectivity index (χ2n) is 1.43. The van der Waals surface area contributed by atoms with Crippen LogP contribution in [0.25, 0.3) is 0 Å². The predicted octanol–water partition coefficient (Wildman–Crippen LogP) is 1.52. The van der Waals surface area contributed by atoms with Crippen molar-refractivity contribution in [3.05, 3.63) is 11.8 Å². The minimum Gasteiger partial charge on any atom is -0.404 e. The average Bonchev–Trinajstić information content (AvgIpc) is 1.90. The van der Waals surface area contributed by atoms with Gasteiger partial charge in [-0.2, -0.15) is 8.78 Å². The van der Waals surface area contributed by atoms with Crippen LogP contribution in [0.3, 0.4) is 0 Å². The molecule has 0 fully saturated rings. The van der Waals surface area contributed by atoms with Crippen LogP contribution in [-0.4, -0.2) is 18.1 Å². The largest absolute Gasteiger partial charge is 0.404 e. The Labute approximate surface area is 65.9 Å². The molecule has 0 bridgehead atoms. The lowest BCUT2D eigenvalue weighted by molar-refractivity contribution is 0.160. The Hall–Kier alpha value is -0.450. The molecule has 0 aliphatic heterocycles. The zero-order chi connectivity index (χ0) is 7.98. The third-order valence-electron chi connectivity index (χ3n) is 0.721. The van der Waals surface area contributed by atoms with E-state index in [1.807, 2.05) is 0 Å². The first-order valence-corrected chi connectivity index (χ1v) is 3.61. The van der Waals surface area contributed by atoms with Gasteiger partial charge < -0.3 is 5.73 Å². The van der Waals surface area contributed by atoms with Crippen molar-refractivity contribution in [2.24, 2.45) is 10.7 Å². The number of alkyl halides is 3. The standard InChI is InChI=1S/C5H7BrF2N2/c6-1-4(2-9)3-10-5(7)8/h2-3,5H,1,9H2. The molecular weight excluding hydrogens is 206 g/mol. The van der Waals surface area contributed by atoms with Gasteiger partial charge in [0.1, 0.15) is 0 Å². The van der Waals surface area contributed by atoms with E-state index in [9.17, 15) is 8.78 Å². The number of allylic oxidation sites excluding steroid dienone is 1. The van der Waals surface area contributed by atoms with Gasteiger partial charge in [-0.15, -0.1) is 0 Å². The van der Waals surface area contributed by atoms with Crippen molar-refractivity contribution in [1.82, 2.24) is 0 Å². The number of nitrogens with zero attached hydrogens (tertiary/aromatic N) is 1. The number of rotatable bonds is 3. The Bertz CT molecular complexity index is 145. The molecular formula is C5H7BrF2N2. The molecule has 0 aliphatic carbocycles. The van der Waals surface area contributed by atoms with Crippen molar-refractivity contribution in [3.63, 3.8) is 0 Å². The summed E-state index contributed by atoms with van der Waals surface area (Å²) in [6, 6.07) is 0. The average molecular weight is 213 g/mol. The molecule has 0 aromatic carbocycles. The summed E-state index contributed by atoms with van der Waals surface area (Å²) in [4.78, 5) is 2.83. The van der Waals surface area contributed by atoms with E-state index in [0.29, 0.717) is 10.9 Å². The quantitative estimate of drug-likeness (QED) is 0.430. The van der Waals surface area contributed by atoms with Gasteiger partial charge in [-0.05, 0) is 11.8 Å². The molecule has 58 valence electrons. The normalized spacial score (nSPS) is 13.4. The zero-order valence-electron chi connectivity index (χ0n) is 5.10. The predicted molar refractivity (Wildman–Crippen MR) is 40.6 cm³/mol. The van der Waals surface area contributed by atoms with Crippen molar-refractivity contribution in [2.75, 3.05) is 5.33 Å². The summed E-state index contributed by atoms with van der Waals surface area (Å²) >= 11 is 3.04.